The molecule has 5 atom stereocenters. The Morgan fingerprint density at radius 3 is 2.47 bits per heavy atom. The Labute approximate surface area is 187 Å². The van der Waals surface area contributed by atoms with Gasteiger partial charge >= 0.3 is 17.9 Å². The van der Waals surface area contributed by atoms with Gasteiger partial charge < -0.3 is 14.2 Å². The molecule has 0 N–H and O–H groups in total. The average Bonchev–Trinajstić information content (AvgIpc) is 3.26. The van der Waals surface area contributed by atoms with Crippen molar-refractivity contribution in [3.05, 3.63) is 35.9 Å². The molecule has 2 aliphatic rings. The van der Waals surface area contributed by atoms with E-state index in [9.17, 15) is 14.4 Å². The normalized spacial score (nSPS) is 28.1. The summed E-state index contributed by atoms with van der Waals surface area (Å²) < 4.78 is 16.2. The second-order valence-corrected chi connectivity index (χ2v) is 8.20. The molecule has 0 aromatic heterocycles. The fraction of sp³-hybridized carbons (Fsp3) is 0.609. The molecule has 2 fully saturated rings. The fourth-order valence-electron chi connectivity index (χ4n) is 4.48. The highest BCUT2D eigenvalue weighted by atomic mass is 17.0. The molecule has 0 amide bonds. The molecule has 0 saturated carbocycles. The van der Waals surface area contributed by atoms with Gasteiger partial charge in [0.05, 0.1) is 7.11 Å². The molecule has 1 aromatic rings. The summed E-state index contributed by atoms with van der Waals surface area (Å²) in [6.45, 7) is 4.61. The van der Waals surface area contributed by atoms with Gasteiger partial charge in [0, 0.05) is 20.3 Å². The summed E-state index contributed by atoms with van der Waals surface area (Å²) in [5.41, 5.74) is 0.135. The molecule has 9 nitrogen and oxygen atoms in total. The van der Waals surface area contributed by atoms with Gasteiger partial charge in [-0.05, 0) is 24.8 Å². The first-order valence-corrected chi connectivity index (χ1v) is 10.9. The number of ether oxygens (including phenoxy) is 3. The Bertz CT molecular complexity index is 815. The summed E-state index contributed by atoms with van der Waals surface area (Å²) in [5, 5.41) is 1.28. The predicted molar refractivity (Wildman–Crippen MR) is 112 cm³/mol. The molecule has 1 aromatic carbocycles. The Hall–Kier alpha value is -2.49. The van der Waals surface area contributed by atoms with Crippen molar-refractivity contribution >= 4 is 17.9 Å². The van der Waals surface area contributed by atoms with Crippen LogP contribution in [0, 0.1) is 0 Å². The Morgan fingerprint density at radius 2 is 1.88 bits per heavy atom. The van der Waals surface area contributed by atoms with Crippen molar-refractivity contribution in [1.29, 1.82) is 0 Å². The molecule has 0 bridgehead atoms. The van der Waals surface area contributed by atoms with Crippen molar-refractivity contribution < 1.29 is 38.3 Å². The first-order chi connectivity index (χ1) is 15.3. The van der Waals surface area contributed by atoms with E-state index in [1.54, 1.807) is 0 Å². The number of hydrogen-bond acceptors (Lipinski definition) is 9. The zero-order chi connectivity index (χ0) is 23.3. The van der Waals surface area contributed by atoms with Crippen LogP contribution in [0.25, 0.3) is 0 Å². The summed E-state index contributed by atoms with van der Waals surface area (Å²) >= 11 is 0. The van der Waals surface area contributed by atoms with Gasteiger partial charge in [-0.2, -0.15) is 0 Å². The number of carbonyl (C=O) groups is 3. The number of hydrogen-bond donors (Lipinski definition) is 0. The van der Waals surface area contributed by atoms with Crippen molar-refractivity contribution in [3.63, 3.8) is 0 Å². The second kappa shape index (κ2) is 10.4. The van der Waals surface area contributed by atoms with Crippen molar-refractivity contribution in [2.24, 2.45) is 0 Å². The van der Waals surface area contributed by atoms with Gasteiger partial charge in [0.1, 0.15) is 11.6 Å². The molecule has 0 aliphatic carbocycles. The minimum atomic E-state index is -0.947. The van der Waals surface area contributed by atoms with E-state index >= 15 is 0 Å². The van der Waals surface area contributed by atoms with Gasteiger partial charge in [0.2, 0.25) is 0 Å². The largest absolute Gasteiger partial charge is 0.467 e. The third kappa shape index (κ3) is 5.11. The van der Waals surface area contributed by atoms with Crippen molar-refractivity contribution in [1.82, 2.24) is 5.23 Å². The Kier molecular flexibility index (Phi) is 7.86. The van der Waals surface area contributed by atoms with Crippen LogP contribution in [-0.4, -0.2) is 60.2 Å². The SMILES string of the molecule is CCCC(OC(C)=O)[C@@H]1ON2OC(C(=O)OC)CC2(CCc2ccccc2)[C@H]1OC(C)=O. The van der Waals surface area contributed by atoms with E-state index in [2.05, 4.69) is 0 Å². The van der Waals surface area contributed by atoms with E-state index in [0.717, 1.165) is 12.0 Å². The molecule has 32 heavy (non-hydrogen) atoms. The molecule has 0 spiro atoms. The molecule has 2 saturated heterocycles. The van der Waals surface area contributed by atoms with Crippen LogP contribution in [-0.2, 0) is 44.7 Å². The molecule has 9 heteroatoms. The minimum absolute atomic E-state index is 0.208. The van der Waals surface area contributed by atoms with E-state index in [1.165, 1.54) is 26.2 Å². The van der Waals surface area contributed by atoms with Crippen molar-refractivity contribution in [3.8, 4) is 0 Å². The maximum absolute atomic E-state index is 12.2. The number of methoxy groups -OCH3 is 1. The number of carbonyl (C=O) groups excluding carboxylic acids is 3. The van der Waals surface area contributed by atoms with Crippen LogP contribution in [0.3, 0.4) is 0 Å². The van der Waals surface area contributed by atoms with Gasteiger partial charge in [0.15, 0.2) is 18.3 Å². The van der Waals surface area contributed by atoms with E-state index in [1.807, 2.05) is 37.3 Å². The lowest BCUT2D eigenvalue weighted by Gasteiger charge is -2.34. The number of aryl methyl sites for hydroxylation is 1. The number of esters is 3. The van der Waals surface area contributed by atoms with Crippen molar-refractivity contribution in [2.45, 2.75) is 82.8 Å². The first kappa shape index (κ1) is 24.2. The summed E-state index contributed by atoms with van der Waals surface area (Å²) in [6, 6.07) is 9.83. The lowest BCUT2D eigenvalue weighted by Crippen LogP contribution is -2.52. The highest BCUT2D eigenvalue weighted by Crippen LogP contribution is 2.48. The topological polar surface area (TPSA) is 101 Å². The van der Waals surface area contributed by atoms with Gasteiger partial charge in [-0.1, -0.05) is 48.9 Å². The maximum Gasteiger partial charge on any atom is 0.337 e. The van der Waals surface area contributed by atoms with Gasteiger partial charge in [-0.3, -0.25) is 19.3 Å². The first-order valence-electron chi connectivity index (χ1n) is 10.9. The van der Waals surface area contributed by atoms with Crippen LogP contribution in [0.2, 0.25) is 0 Å². The summed E-state index contributed by atoms with van der Waals surface area (Å²) in [6.07, 6.45) is -0.537. The quantitative estimate of drug-likeness (QED) is 0.416. The number of hydroxylamine groups is 2. The van der Waals surface area contributed by atoms with Crippen LogP contribution in [0.4, 0.5) is 0 Å². The maximum atomic E-state index is 12.2. The van der Waals surface area contributed by atoms with E-state index in [0.29, 0.717) is 19.3 Å². The summed E-state index contributed by atoms with van der Waals surface area (Å²) in [7, 11) is 1.29. The van der Waals surface area contributed by atoms with Gasteiger partial charge in [-0.25, -0.2) is 4.79 Å². The summed E-state index contributed by atoms with van der Waals surface area (Å²) in [5.74, 6) is -1.48. The third-order valence-electron chi connectivity index (χ3n) is 5.87. The zero-order valence-corrected chi connectivity index (χ0v) is 18.9. The van der Waals surface area contributed by atoms with Crippen molar-refractivity contribution in [2.75, 3.05) is 7.11 Å². The van der Waals surface area contributed by atoms with E-state index in [-0.39, 0.29) is 6.42 Å². The average molecular weight is 450 g/mol. The van der Waals surface area contributed by atoms with Crippen LogP contribution in [0.1, 0.15) is 52.0 Å². The van der Waals surface area contributed by atoms with E-state index < -0.39 is 47.9 Å². The van der Waals surface area contributed by atoms with Crippen LogP contribution < -0.4 is 0 Å². The number of fused-ring (bicyclic) bond motifs is 1. The predicted octanol–water partition coefficient (Wildman–Crippen LogP) is 2.51. The lowest BCUT2D eigenvalue weighted by atomic mass is 9.79. The second-order valence-electron chi connectivity index (χ2n) is 8.20. The molecule has 176 valence electrons. The van der Waals surface area contributed by atoms with Gasteiger partial charge in [0.25, 0.3) is 0 Å². The molecule has 0 radical (unpaired) electrons. The van der Waals surface area contributed by atoms with Crippen LogP contribution >= 0.6 is 0 Å². The zero-order valence-electron chi connectivity index (χ0n) is 18.9. The fourth-order valence-corrected chi connectivity index (χ4v) is 4.48. The number of rotatable bonds is 9. The molecular formula is C23H31NO8. The third-order valence-corrected chi connectivity index (χ3v) is 5.87. The Balaban J connectivity index is 1.96. The number of benzene rings is 1. The molecular weight excluding hydrogens is 418 g/mol. The monoisotopic (exact) mass is 449 g/mol. The molecule has 2 heterocycles. The lowest BCUT2D eigenvalue weighted by molar-refractivity contribution is -0.374. The minimum Gasteiger partial charge on any atom is -0.467 e. The molecule has 3 unspecified atom stereocenters. The highest BCUT2D eigenvalue weighted by Gasteiger charge is 2.66. The molecule has 3 rings (SSSR count). The van der Waals surface area contributed by atoms with E-state index in [4.69, 9.17) is 23.9 Å². The smallest absolute Gasteiger partial charge is 0.337 e. The van der Waals surface area contributed by atoms with Crippen LogP contribution in [0.5, 0.6) is 0 Å². The molecule has 2 aliphatic heterocycles. The Morgan fingerprint density at radius 1 is 1.16 bits per heavy atom. The summed E-state index contributed by atoms with van der Waals surface area (Å²) in [4.78, 5) is 48.0. The highest BCUT2D eigenvalue weighted by molar-refractivity contribution is 5.75. The van der Waals surface area contributed by atoms with Crippen LogP contribution in [0.15, 0.2) is 30.3 Å². The standard InChI is InChI=1S/C23H31NO8/c1-5-9-18(29-15(2)25)20-21(30-16(3)26)23(13-12-17-10-7-6-8-11-17)14-19(22(27)28-4)31-24(23)32-20/h6-8,10-11,18-21H,5,9,12-14H2,1-4H3/t18?,19?,20-,21-,23?/m0/s1. The number of nitrogens with zero attached hydrogens (tertiary/aromatic N) is 1. The van der Waals surface area contributed by atoms with Gasteiger partial charge in [-0.15, -0.1) is 0 Å².